The van der Waals surface area contributed by atoms with E-state index < -0.39 is 17.8 Å². The zero-order chi connectivity index (χ0) is 24.9. The van der Waals surface area contributed by atoms with Crippen LogP contribution >= 0.6 is 11.6 Å². The lowest BCUT2D eigenvalue weighted by Crippen LogP contribution is -2.54. The number of nitrogens with one attached hydrogen (secondary N) is 1. The van der Waals surface area contributed by atoms with Crippen LogP contribution in [0.15, 0.2) is 79.0 Å². The Balaban J connectivity index is 1.53. The number of anilines is 1. The van der Waals surface area contributed by atoms with Gasteiger partial charge in [0.2, 0.25) is 0 Å². The summed E-state index contributed by atoms with van der Waals surface area (Å²) in [5, 5.41) is 2.64. The second-order valence-corrected chi connectivity index (χ2v) is 8.37. The summed E-state index contributed by atoms with van der Waals surface area (Å²) in [6.07, 6.45) is 5.83. The smallest absolute Gasteiger partial charge is 0.335 e. The Morgan fingerprint density at radius 3 is 2.66 bits per heavy atom. The maximum Gasteiger partial charge on any atom is 0.335 e. The van der Waals surface area contributed by atoms with Crippen molar-refractivity contribution in [2.45, 2.75) is 19.9 Å². The van der Waals surface area contributed by atoms with Gasteiger partial charge in [0.15, 0.2) is 0 Å². The first-order valence-corrected chi connectivity index (χ1v) is 11.4. The molecule has 1 aliphatic rings. The summed E-state index contributed by atoms with van der Waals surface area (Å²) in [7, 11) is 0. The summed E-state index contributed by atoms with van der Waals surface area (Å²) in [6, 6.07) is 15.4. The summed E-state index contributed by atoms with van der Waals surface area (Å²) in [4.78, 5) is 39.1. The van der Waals surface area contributed by atoms with Gasteiger partial charge in [0, 0.05) is 16.9 Å². The first-order valence-electron chi connectivity index (χ1n) is 11.0. The number of carbonyl (C=O) groups excluding carboxylic acids is 3. The van der Waals surface area contributed by atoms with Crippen molar-refractivity contribution >= 4 is 41.2 Å². The minimum atomic E-state index is -0.820. The molecule has 8 heteroatoms. The summed E-state index contributed by atoms with van der Waals surface area (Å²) < 4.78 is 7.83. The number of urea groups is 1. The van der Waals surface area contributed by atoms with Crippen molar-refractivity contribution in [2.24, 2.45) is 0 Å². The Labute approximate surface area is 208 Å². The molecule has 0 unspecified atom stereocenters. The summed E-state index contributed by atoms with van der Waals surface area (Å²) in [6.45, 7) is 6.46. The minimum absolute atomic E-state index is 0.154. The first kappa shape index (κ1) is 24.0. The number of aromatic nitrogens is 1. The highest BCUT2D eigenvalue weighted by Crippen LogP contribution is 2.27. The van der Waals surface area contributed by atoms with Gasteiger partial charge in [-0.2, -0.15) is 0 Å². The number of hydrogen-bond donors (Lipinski definition) is 1. The fourth-order valence-electron chi connectivity index (χ4n) is 3.75. The second kappa shape index (κ2) is 10.4. The van der Waals surface area contributed by atoms with Crippen LogP contribution in [0.2, 0.25) is 5.02 Å². The zero-order valence-corrected chi connectivity index (χ0v) is 19.9. The van der Waals surface area contributed by atoms with Crippen LogP contribution in [0.4, 0.5) is 10.5 Å². The van der Waals surface area contributed by atoms with Crippen molar-refractivity contribution < 1.29 is 19.1 Å². The maximum absolute atomic E-state index is 13.2. The molecule has 7 nitrogen and oxygen atoms in total. The number of rotatable bonds is 8. The Morgan fingerprint density at radius 2 is 1.89 bits per heavy atom. The predicted molar refractivity (Wildman–Crippen MR) is 135 cm³/mol. The third-order valence-corrected chi connectivity index (χ3v) is 6.01. The summed E-state index contributed by atoms with van der Waals surface area (Å²) in [5.74, 6) is -0.690. The number of halogens is 1. The van der Waals surface area contributed by atoms with Gasteiger partial charge in [-0.05, 0) is 60.9 Å². The average molecular weight is 490 g/mol. The van der Waals surface area contributed by atoms with E-state index in [4.69, 9.17) is 16.3 Å². The van der Waals surface area contributed by atoms with Crippen molar-refractivity contribution in [3.63, 3.8) is 0 Å². The highest BCUT2D eigenvalue weighted by atomic mass is 35.5. The lowest BCUT2D eigenvalue weighted by atomic mass is 10.1. The Morgan fingerprint density at radius 1 is 1.09 bits per heavy atom. The van der Waals surface area contributed by atoms with E-state index in [9.17, 15) is 14.4 Å². The molecule has 2 heterocycles. The van der Waals surface area contributed by atoms with E-state index in [0.29, 0.717) is 30.3 Å². The van der Waals surface area contributed by atoms with E-state index in [1.165, 1.54) is 12.1 Å². The van der Waals surface area contributed by atoms with Crippen LogP contribution < -0.4 is 15.0 Å². The quantitative estimate of drug-likeness (QED) is 0.276. The molecule has 2 aromatic carbocycles. The third kappa shape index (κ3) is 5.20. The highest BCUT2D eigenvalue weighted by Gasteiger charge is 2.37. The fraction of sp³-hybridized carbons (Fsp3) is 0.148. The molecule has 0 radical (unpaired) electrons. The van der Waals surface area contributed by atoms with E-state index in [-0.39, 0.29) is 11.3 Å². The molecule has 0 atom stereocenters. The van der Waals surface area contributed by atoms with Crippen LogP contribution in [0, 0.1) is 6.92 Å². The van der Waals surface area contributed by atoms with Gasteiger partial charge < -0.3 is 9.30 Å². The van der Waals surface area contributed by atoms with Crippen LogP contribution in [0.1, 0.15) is 16.8 Å². The number of hydrogen-bond acceptors (Lipinski definition) is 4. The largest absolute Gasteiger partial charge is 0.491 e. The van der Waals surface area contributed by atoms with Gasteiger partial charge in [0.1, 0.15) is 17.9 Å². The highest BCUT2D eigenvalue weighted by molar-refractivity contribution is 6.39. The van der Waals surface area contributed by atoms with Gasteiger partial charge in [-0.1, -0.05) is 41.9 Å². The van der Waals surface area contributed by atoms with E-state index in [2.05, 4.69) is 11.9 Å². The Bertz CT molecular complexity index is 1340. The van der Waals surface area contributed by atoms with Gasteiger partial charge in [-0.3, -0.25) is 14.9 Å². The topological polar surface area (TPSA) is 80.6 Å². The van der Waals surface area contributed by atoms with Crippen molar-refractivity contribution in [2.75, 3.05) is 11.5 Å². The van der Waals surface area contributed by atoms with E-state index in [1.807, 2.05) is 54.1 Å². The van der Waals surface area contributed by atoms with Crippen LogP contribution in [0.25, 0.3) is 6.08 Å². The number of para-hydroxylation sites is 1. The molecular weight excluding hydrogens is 466 g/mol. The van der Waals surface area contributed by atoms with Crippen molar-refractivity contribution in [3.8, 4) is 5.75 Å². The average Bonchev–Trinajstić information content (AvgIpc) is 3.27. The van der Waals surface area contributed by atoms with Crippen molar-refractivity contribution in [1.29, 1.82) is 0 Å². The molecule has 35 heavy (non-hydrogen) atoms. The normalized spacial score (nSPS) is 14.9. The lowest BCUT2D eigenvalue weighted by Gasteiger charge is -2.26. The molecule has 1 saturated heterocycles. The summed E-state index contributed by atoms with van der Waals surface area (Å²) in [5.41, 5.74) is 2.60. The van der Waals surface area contributed by atoms with Gasteiger partial charge in [-0.25, -0.2) is 9.69 Å². The molecule has 0 aliphatic carbocycles. The molecule has 1 aromatic heterocycles. The van der Waals surface area contributed by atoms with Gasteiger partial charge in [0.25, 0.3) is 11.8 Å². The third-order valence-electron chi connectivity index (χ3n) is 5.60. The van der Waals surface area contributed by atoms with Crippen LogP contribution in [-0.2, 0) is 22.6 Å². The van der Waals surface area contributed by atoms with Gasteiger partial charge in [0.05, 0.1) is 12.2 Å². The molecule has 1 fully saturated rings. The molecular formula is C27H24ClN3O4. The Hall–Kier alpha value is -4.10. The number of carbonyl (C=O) groups is 3. The van der Waals surface area contributed by atoms with Crippen LogP contribution in [0.5, 0.6) is 5.75 Å². The van der Waals surface area contributed by atoms with Crippen molar-refractivity contribution in [3.05, 3.63) is 101 Å². The van der Waals surface area contributed by atoms with E-state index in [1.54, 1.807) is 18.2 Å². The number of nitrogens with zero attached hydrogens (tertiary/aromatic N) is 2. The number of benzene rings is 2. The predicted octanol–water partition coefficient (Wildman–Crippen LogP) is 4.92. The minimum Gasteiger partial charge on any atom is -0.491 e. The van der Waals surface area contributed by atoms with E-state index in [0.717, 1.165) is 21.8 Å². The monoisotopic (exact) mass is 489 g/mol. The van der Waals surface area contributed by atoms with E-state index >= 15 is 0 Å². The van der Waals surface area contributed by atoms with Crippen LogP contribution in [0.3, 0.4) is 0 Å². The first-order chi connectivity index (χ1) is 16.9. The molecule has 4 amide bonds. The fourth-order valence-corrected chi connectivity index (χ4v) is 3.92. The number of ether oxygens (including phenoxy) is 1. The molecule has 4 rings (SSSR count). The maximum atomic E-state index is 13.2. The number of allylic oxidation sites excluding steroid dienone is 1. The molecule has 0 saturated carbocycles. The Kier molecular flexibility index (Phi) is 7.17. The molecule has 1 aliphatic heterocycles. The molecule has 0 spiro atoms. The van der Waals surface area contributed by atoms with Gasteiger partial charge in [-0.15, -0.1) is 6.58 Å². The second-order valence-electron chi connectivity index (χ2n) is 7.97. The molecule has 3 aromatic rings. The van der Waals surface area contributed by atoms with Crippen LogP contribution in [-0.4, -0.2) is 29.0 Å². The zero-order valence-electron chi connectivity index (χ0n) is 19.2. The van der Waals surface area contributed by atoms with Gasteiger partial charge >= 0.3 is 6.03 Å². The number of amides is 4. The standard InChI is InChI=1S/C27H24ClN3O4/c1-3-7-19-8-4-5-10-24(19)35-15-14-30-13-6-9-20(30)16-22-25(32)29-27(34)31(26(22)33)21-12-11-18(2)23(28)17-21/h3-6,8-13,16-17H,1,7,14-15H2,2H3,(H,29,32,34). The molecule has 0 bridgehead atoms. The molecule has 1 N–H and O–H groups in total. The lowest BCUT2D eigenvalue weighted by molar-refractivity contribution is -0.122. The molecule has 178 valence electrons. The number of imide groups is 2. The summed E-state index contributed by atoms with van der Waals surface area (Å²) >= 11 is 6.18. The number of barbiturate groups is 1. The number of aryl methyl sites for hydroxylation is 1. The SMILES string of the molecule is C=CCc1ccccc1OCCn1cccc1C=C1C(=O)NC(=O)N(c2ccc(C)c(Cl)c2)C1=O. The van der Waals surface area contributed by atoms with Crippen molar-refractivity contribution in [1.82, 2.24) is 9.88 Å².